The molecule has 1 saturated heterocycles. The Morgan fingerprint density at radius 2 is 1.78 bits per heavy atom. The molecule has 8 nitrogen and oxygen atoms in total. The molecule has 0 aliphatic carbocycles. The van der Waals surface area contributed by atoms with E-state index in [4.69, 9.17) is 27.9 Å². The minimum atomic E-state index is -2.51. The van der Waals surface area contributed by atoms with Crippen molar-refractivity contribution in [2.45, 2.75) is 50.6 Å². The maximum atomic E-state index is 14.4. The molecule has 41 heavy (non-hydrogen) atoms. The molecule has 2 N–H and O–H groups in total. The second kappa shape index (κ2) is 13.9. The fourth-order valence-electron chi connectivity index (χ4n) is 5.05. The van der Waals surface area contributed by atoms with Gasteiger partial charge in [0.15, 0.2) is 0 Å². The summed E-state index contributed by atoms with van der Waals surface area (Å²) < 4.78 is 44.4. The second-order valence-corrected chi connectivity index (χ2v) is 11.5. The Hall–Kier alpha value is -2.86. The number of nitrogens with zero attached hydrogens (tertiary/aromatic N) is 2. The summed E-state index contributed by atoms with van der Waals surface area (Å²) in [6.45, 7) is 1.52. The van der Waals surface area contributed by atoms with Crippen molar-refractivity contribution >= 4 is 46.3 Å². The molecule has 1 amide bonds. The molecule has 1 aliphatic heterocycles. The van der Waals surface area contributed by atoms with Crippen molar-refractivity contribution in [1.82, 2.24) is 9.21 Å². The van der Waals surface area contributed by atoms with Crippen LogP contribution in [0.25, 0.3) is 0 Å². The zero-order valence-corrected chi connectivity index (χ0v) is 24.4. The molecule has 3 aromatic carbocycles. The molecule has 1 aliphatic rings. The third-order valence-corrected chi connectivity index (χ3v) is 8.19. The average molecular weight is 624 g/mol. The smallest absolute Gasteiger partial charge is 0.306 e. The van der Waals surface area contributed by atoms with E-state index in [0.717, 1.165) is 4.31 Å². The molecule has 12 heteroatoms. The first-order chi connectivity index (χ1) is 19.6. The van der Waals surface area contributed by atoms with Crippen LogP contribution in [0.3, 0.4) is 0 Å². The zero-order chi connectivity index (χ0) is 29.7. The summed E-state index contributed by atoms with van der Waals surface area (Å²) in [5.41, 5.74) is 1.49. The number of aliphatic carboxylic acids is 1. The van der Waals surface area contributed by atoms with Gasteiger partial charge in [-0.3, -0.25) is 14.1 Å². The topological polar surface area (TPSA) is 107 Å². The van der Waals surface area contributed by atoms with Gasteiger partial charge in [-0.1, -0.05) is 72.6 Å². The van der Waals surface area contributed by atoms with Gasteiger partial charge in [0, 0.05) is 34.7 Å². The highest BCUT2D eigenvalue weighted by Gasteiger charge is 2.47. The Balaban J connectivity index is 1.81. The highest BCUT2D eigenvalue weighted by Crippen LogP contribution is 2.44. The predicted molar refractivity (Wildman–Crippen MR) is 154 cm³/mol. The quantitative estimate of drug-likeness (QED) is 0.253. The summed E-state index contributed by atoms with van der Waals surface area (Å²) in [5.74, 6) is -2.32. The van der Waals surface area contributed by atoms with Gasteiger partial charge in [0.25, 0.3) is 5.91 Å². The van der Waals surface area contributed by atoms with Gasteiger partial charge in [-0.2, -0.15) is 4.31 Å². The first kappa shape index (κ1) is 31.1. The Bertz CT molecular complexity index is 1410. The Morgan fingerprint density at radius 1 is 1.07 bits per heavy atom. The molecule has 4 rings (SSSR count). The summed E-state index contributed by atoms with van der Waals surface area (Å²) >= 11 is 9.96. The standard InChI is InChI=1S/C29H29Cl2FN2O6S/c1-2-23(17-33(41(38)39)16-20-6-3-4-9-24(20)32)34-27(18-10-12-21(30)13-11-18)28(19-7-5-8-22(31)14-19)40-25(29(34)37)15-26(35)36/h3-14,23,25,27-28H,2,15-17H2,1H3,(H,35,36)(H,38,39)/t23-,25+,27+,28+/m0/s1. The molecular weight excluding hydrogens is 594 g/mol. The maximum absolute atomic E-state index is 14.4. The molecule has 0 saturated carbocycles. The lowest BCUT2D eigenvalue weighted by molar-refractivity contribution is -0.183. The van der Waals surface area contributed by atoms with Gasteiger partial charge in [-0.25, -0.2) is 8.60 Å². The van der Waals surface area contributed by atoms with E-state index >= 15 is 0 Å². The van der Waals surface area contributed by atoms with Crippen LogP contribution < -0.4 is 0 Å². The molecule has 0 radical (unpaired) electrons. The van der Waals surface area contributed by atoms with Gasteiger partial charge in [0.2, 0.25) is 11.3 Å². The minimum Gasteiger partial charge on any atom is -0.481 e. The van der Waals surface area contributed by atoms with Crippen LogP contribution in [0, 0.1) is 5.82 Å². The number of carboxylic acids is 1. The Labute approximate surface area is 250 Å². The summed E-state index contributed by atoms with van der Waals surface area (Å²) in [6, 6.07) is 18.2. The lowest BCUT2D eigenvalue weighted by Gasteiger charge is -2.48. The Kier molecular flexibility index (Phi) is 10.5. The van der Waals surface area contributed by atoms with E-state index < -0.39 is 59.7 Å². The fourth-order valence-corrected chi connectivity index (χ4v) is 5.92. The van der Waals surface area contributed by atoms with Crippen LogP contribution in [0.1, 0.15) is 48.6 Å². The van der Waals surface area contributed by atoms with Crippen molar-refractivity contribution < 1.29 is 32.6 Å². The number of benzene rings is 3. The number of hydrogen-bond donors (Lipinski definition) is 2. The van der Waals surface area contributed by atoms with Gasteiger partial charge < -0.3 is 14.7 Å². The van der Waals surface area contributed by atoms with Crippen LogP contribution in [0.15, 0.2) is 72.8 Å². The molecule has 0 spiro atoms. The molecule has 0 aromatic heterocycles. The number of ether oxygens (including phenoxy) is 1. The lowest BCUT2D eigenvalue weighted by Crippen LogP contribution is -2.57. The number of morpholine rings is 1. The number of hydrogen-bond acceptors (Lipinski definition) is 4. The third-order valence-electron chi connectivity index (χ3n) is 6.98. The zero-order valence-electron chi connectivity index (χ0n) is 22.0. The Morgan fingerprint density at radius 3 is 2.39 bits per heavy atom. The monoisotopic (exact) mass is 622 g/mol. The number of carbonyl (C=O) groups excluding carboxylic acids is 1. The van der Waals surface area contributed by atoms with Crippen molar-refractivity contribution in [2.24, 2.45) is 0 Å². The van der Waals surface area contributed by atoms with Crippen LogP contribution in [0.4, 0.5) is 4.39 Å². The van der Waals surface area contributed by atoms with E-state index in [1.807, 2.05) is 6.92 Å². The normalized spacial score (nSPS) is 20.7. The van der Waals surface area contributed by atoms with E-state index in [9.17, 15) is 27.8 Å². The highest BCUT2D eigenvalue weighted by molar-refractivity contribution is 7.76. The first-order valence-corrected chi connectivity index (χ1v) is 14.7. The fraction of sp³-hybridized carbons (Fsp3) is 0.310. The van der Waals surface area contributed by atoms with Crippen molar-refractivity contribution in [3.63, 3.8) is 0 Å². The second-order valence-electron chi connectivity index (χ2n) is 9.65. The molecule has 1 fully saturated rings. The third kappa shape index (κ3) is 7.51. The maximum Gasteiger partial charge on any atom is 0.306 e. The van der Waals surface area contributed by atoms with E-state index in [0.29, 0.717) is 27.6 Å². The predicted octanol–water partition coefficient (Wildman–Crippen LogP) is 6.03. The molecule has 218 valence electrons. The summed E-state index contributed by atoms with van der Waals surface area (Å²) in [7, 11) is 0. The van der Waals surface area contributed by atoms with Crippen LogP contribution >= 0.6 is 23.2 Å². The van der Waals surface area contributed by atoms with Gasteiger partial charge in [0.1, 0.15) is 18.0 Å². The van der Waals surface area contributed by atoms with Crippen LogP contribution in [0.5, 0.6) is 0 Å². The molecule has 1 heterocycles. The van der Waals surface area contributed by atoms with E-state index in [2.05, 4.69) is 0 Å². The lowest BCUT2D eigenvalue weighted by atomic mass is 9.89. The van der Waals surface area contributed by atoms with Gasteiger partial charge in [-0.15, -0.1) is 0 Å². The van der Waals surface area contributed by atoms with Crippen LogP contribution in [0.2, 0.25) is 10.0 Å². The van der Waals surface area contributed by atoms with E-state index in [1.54, 1.807) is 54.6 Å². The first-order valence-electron chi connectivity index (χ1n) is 12.9. The summed E-state index contributed by atoms with van der Waals surface area (Å²) in [6.07, 6.45) is -2.40. The summed E-state index contributed by atoms with van der Waals surface area (Å²) in [5, 5.41) is 10.5. The number of halogens is 3. The largest absolute Gasteiger partial charge is 0.481 e. The average Bonchev–Trinajstić information content (AvgIpc) is 2.93. The molecular formula is C29H29Cl2FN2O6S. The molecule has 1 unspecified atom stereocenters. The van der Waals surface area contributed by atoms with E-state index in [1.165, 1.54) is 23.1 Å². The van der Waals surface area contributed by atoms with Crippen molar-refractivity contribution in [2.75, 3.05) is 6.54 Å². The van der Waals surface area contributed by atoms with Gasteiger partial charge >= 0.3 is 5.97 Å². The molecule has 3 aromatic rings. The van der Waals surface area contributed by atoms with Crippen molar-refractivity contribution in [1.29, 1.82) is 0 Å². The van der Waals surface area contributed by atoms with Crippen molar-refractivity contribution in [3.8, 4) is 0 Å². The van der Waals surface area contributed by atoms with Crippen LogP contribution in [-0.4, -0.2) is 53.6 Å². The SMILES string of the molecule is CC[C@@H](CN(Cc1ccccc1F)S(=O)O)N1C(=O)[C@@H](CC(=O)O)O[C@H](c2cccc(Cl)c2)[C@H]1c1ccc(Cl)cc1. The highest BCUT2D eigenvalue weighted by atomic mass is 35.5. The minimum absolute atomic E-state index is 0.105. The summed E-state index contributed by atoms with van der Waals surface area (Å²) in [4.78, 5) is 27.3. The number of carbonyl (C=O) groups is 2. The number of rotatable bonds is 11. The number of amides is 1. The molecule has 0 bridgehead atoms. The number of carboxylic acid groups (broad SMARTS) is 1. The van der Waals surface area contributed by atoms with Gasteiger partial charge in [0.05, 0.1) is 12.5 Å². The van der Waals surface area contributed by atoms with E-state index in [-0.39, 0.29) is 18.7 Å². The van der Waals surface area contributed by atoms with Gasteiger partial charge in [-0.05, 0) is 47.9 Å². The van der Waals surface area contributed by atoms with Crippen LogP contribution in [-0.2, 0) is 32.1 Å². The molecule has 5 atom stereocenters. The van der Waals surface area contributed by atoms with Crippen molar-refractivity contribution in [3.05, 3.63) is 105 Å².